The van der Waals surface area contributed by atoms with E-state index in [1.165, 1.54) is 0 Å². The van der Waals surface area contributed by atoms with Crippen molar-refractivity contribution in [3.63, 3.8) is 0 Å². The van der Waals surface area contributed by atoms with Crippen molar-refractivity contribution >= 4 is 6.09 Å². The molecule has 0 radical (unpaired) electrons. The fraction of sp³-hybridized carbons (Fsp3) is 0.909. The van der Waals surface area contributed by atoms with E-state index < -0.39 is 0 Å². The van der Waals surface area contributed by atoms with Gasteiger partial charge in [0.2, 0.25) is 0 Å². The second-order valence-corrected chi connectivity index (χ2v) is 5.85. The first-order valence-corrected chi connectivity index (χ1v) is 5.58. The highest BCUT2D eigenvalue weighted by atomic mass is 16.6. The Bertz CT molecular complexity index is 264. The second kappa shape index (κ2) is 3.37. The average Bonchev–Trinajstić information content (AvgIpc) is 2.67. The molecule has 4 heteroatoms. The monoisotopic (exact) mass is 212 g/mol. The molecule has 2 saturated heterocycles. The highest BCUT2D eigenvalue weighted by molar-refractivity contribution is 5.71. The van der Waals surface area contributed by atoms with Gasteiger partial charge >= 0.3 is 6.09 Å². The summed E-state index contributed by atoms with van der Waals surface area (Å²) in [6, 6.07) is 0. The Balaban J connectivity index is 2.15. The van der Waals surface area contributed by atoms with Gasteiger partial charge in [-0.2, -0.15) is 0 Å². The topological polar surface area (TPSA) is 41.6 Å². The maximum atomic E-state index is 11.7. The van der Waals surface area contributed by atoms with Crippen molar-refractivity contribution in [3.8, 4) is 0 Å². The summed E-state index contributed by atoms with van der Waals surface area (Å²) in [5, 5.41) is 3.32. The molecule has 2 heterocycles. The highest BCUT2D eigenvalue weighted by Crippen LogP contribution is 2.33. The number of cyclic esters (lactones) is 1. The predicted octanol–water partition coefficient (Wildman–Crippen LogP) is 1.22. The van der Waals surface area contributed by atoms with Gasteiger partial charge in [0.1, 0.15) is 6.61 Å². The van der Waals surface area contributed by atoms with Crippen molar-refractivity contribution in [1.29, 1.82) is 0 Å². The molecule has 1 amide bonds. The maximum absolute atomic E-state index is 11.7. The fourth-order valence-corrected chi connectivity index (χ4v) is 2.34. The molecular weight excluding hydrogens is 192 g/mol. The van der Waals surface area contributed by atoms with Gasteiger partial charge in [-0.25, -0.2) is 4.79 Å². The van der Waals surface area contributed by atoms with E-state index in [9.17, 15) is 4.79 Å². The minimum atomic E-state index is -0.145. The molecular formula is C11H20N2O2. The number of amides is 1. The standard InChI is InChI=1S/C11H20N2O2/c1-10(2,3)7-13-9(14)15-8-11(13)4-5-12-6-11/h12H,4-8H2,1-3H3. The van der Waals surface area contributed by atoms with Crippen molar-refractivity contribution in [3.05, 3.63) is 0 Å². The molecule has 1 atom stereocenters. The van der Waals surface area contributed by atoms with Gasteiger partial charge in [0.25, 0.3) is 0 Å². The van der Waals surface area contributed by atoms with Crippen LogP contribution in [-0.4, -0.2) is 42.8 Å². The van der Waals surface area contributed by atoms with Gasteiger partial charge in [-0.3, -0.25) is 4.90 Å². The van der Waals surface area contributed by atoms with Crippen LogP contribution in [-0.2, 0) is 4.74 Å². The molecule has 1 unspecified atom stereocenters. The molecule has 2 fully saturated rings. The van der Waals surface area contributed by atoms with Crippen molar-refractivity contribution in [1.82, 2.24) is 10.2 Å². The van der Waals surface area contributed by atoms with Crippen LogP contribution in [0, 0.1) is 5.41 Å². The van der Waals surface area contributed by atoms with E-state index in [1.54, 1.807) is 0 Å². The molecule has 1 N–H and O–H groups in total. The third kappa shape index (κ3) is 1.95. The molecule has 0 aromatic carbocycles. The van der Waals surface area contributed by atoms with Crippen LogP contribution in [0.2, 0.25) is 0 Å². The molecule has 2 aliphatic rings. The van der Waals surface area contributed by atoms with E-state index in [0.717, 1.165) is 26.1 Å². The summed E-state index contributed by atoms with van der Waals surface area (Å²) in [7, 11) is 0. The van der Waals surface area contributed by atoms with Crippen molar-refractivity contribution < 1.29 is 9.53 Å². The summed E-state index contributed by atoms with van der Waals surface area (Å²) in [6.45, 7) is 9.62. The molecule has 4 nitrogen and oxygen atoms in total. The zero-order valence-corrected chi connectivity index (χ0v) is 9.80. The Morgan fingerprint density at radius 1 is 1.53 bits per heavy atom. The minimum Gasteiger partial charge on any atom is -0.447 e. The van der Waals surface area contributed by atoms with Crippen LogP contribution in [0.25, 0.3) is 0 Å². The summed E-state index contributed by atoms with van der Waals surface area (Å²) in [4.78, 5) is 13.6. The van der Waals surface area contributed by atoms with Crippen molar-refractivity contribution in [2.24, 2.45) is 5.41 Å². The highest BCUT2D eigenvalue weighted by Gasteiger charge is 2.49. The summed E-state index contributed by atoms with van der Waals surface area (Å²) in [6.07, 6.45) is 0.864. The lowest BCUT2D eigenvalue weighted by Crippen LogP contribution is -2.51. The summed E-state index contributed by atoms with van der Waals surface area (Å²) < 4.78 is 5.20. The molecule has 86 valence electrons. The molecule has 15 heavy (non-hydrogen) atoms. The largest absolute Gasteiger partial charge is 0.447 e. The van der Waals surface area contributed by atoms with Gasteiger partial charge in [-0.1, -0.05) is 20.8 Å². The second-order valence-electron chi connectivity index (χ2n) is 5.85. The maximum Gasteiger partial charge on any atom is 0.410 e. The third-order valence-electron chi connectivity index (χ3n) is 3.11. The smallest absolute Gasteiger partial charge is 0.410 e. The van der Waals surface area contributed by atoms with E-state index >= 15 is 0 Å². The lowest BCUT2D eigenvalue weighted by Gasteiger charge is -2.35. The Hall–Kier alpha value is -0.770. The third-order valence-corrected chi connectivity index (χ3v) is 3.11. The first-order chi connectivity index (χ1) is 6.93. The fourth-order valence-electron chi connectivity index (χ4n) is 2.34. The number of nitrogens with one attached hydrogen (secondary N) is 1. The lowest BCUT2D eigenvalue weighted by atomic mass is 9.91. The summed E-state index contributed by atoms with van der Waals surface area (Å²) in [5.41, 5.74) is 0.0588. The Kier molecular flexibility index (Phi) is 2.41. The van der Waals surface area contributed by atoms with Crippen LogP contribution in [0.4, 0.5) is 4.79 Å². The molecule has 0 aliphatic carbocycles. The number of carbonyl (C=O) groups is 1. The first-order valence-electron chi connectivity index (χ1n) is 5.58. The van der Waals surface area contributed by atoms with Crippen molar-refractivity contribution in [2.75, 3.05) is 26.2 Å². The number of rotatable bonds is 1. The summed E-state index contributed by atoms with van der Waals surface area (Å²) in [5.74, 6) is 0. The van der Waals surface area contributed by atoms with E-state index in [0.29, 0.717) is 6.61 Å². The SMILES string of the molecule is CC(C)(C)CN1C(=O)OCC12CCNC2. The normalized spacial score (nSPS) is 31.4. The number of hydrogen-bond donors (Lipinski definition) is 1. The molecule has 0 aromatic rings. The van der Waals surface area contributed by atoms with Crippen molar-refractivity contribution in [2.45, 2.75) is 32.7 Å². The zero-order chi connectivity index (χ0) is 11.1. The molecule has 0 saturated carbocycles. The van der Waals surface area contributed by atoms with Gasteiger partial charge in [-0.05, 0) is 18.4 Å². The number of carbonyl (C=O) groups excluding carboxylic acids is 1. The van der Waals surface area contributed by atoms with Gasteiger partial charge in [0.15, 0.2) is 0 Å². The Morgan fingerprint density at radius 2 is 2.27 bits per heavy atom. The van der Waals surface area contributed by atoms with Gasteiger partial charge in [-0.15, -0.1) is 0 Å². The first kappa shape index (κ1) is 10.7. The molecule has 1 spiro atoms. The van der Waals surface area contributed by atoms with Gasteiger partial charge in [0, 0.05) is 13.1 Å². The zero-order valence-electron chi connectivity index (χ0n) is 9.80. The van der Waals surface area contributed by atoms with E-state index in [4.69, 9.17) is 4.74 Å². The van der Waals surface area contributed by atoms with Crippen LogP contribution in [0.1, 0.15) is 27.2 Å². The van der Waals surface area contributed by atoms with E-state index in [2.05, 4.69) is 26.1 Å². The predicted molar refractivity (Wildman–Crippen MR) is 57.7 cm³/mol. The Morgan fingerprint density at radius 3 is 2.80 bits per heavy atom. The van der Waals surface area contributed by atoms with Gasteiger partial charge < -0.3 is 10.1 Å². The molecule has 2 aliphatic heterocycles. The lowest BCUT2D eigenvalue weighted by molar-refractivity contribution is 0.127. The molecule has 2 rings (SSSR count). The quantitative estimate of drug-likeness (QED) is 0.710. The Labute approximate surface area is 91.0 Å². The van der Waals surface area contributed by atoms with Gasteiger partial charge in [0.05, 0.1) is 5.54 Å². The van der Waals surface area contributed by atoms with E-state index in [1.807, 2.05) is 4.90 Å². The van der Waals surface area contributed by atoms with Crippen LogP contribution < -0.4 is 5.32 Å². The number of ether oxygens (including phenoxy) is 1. The average molecular weight is 212 g/mol. The molecule has 0 aromatic heterocycles. The molecule has 0 bridgehead atoms. The van der Waals surface area contributed by atoms with Crippen LogP contribution in [0.15, 0.2) is 0 Å². The van der Waals surface area contributed by atoms with Crippen LogP contribution in [0.3, 0.4) is 0 Å². The summed E-state index contributed by atoms with van der Waals surface area (Å²) >= 11 is 0. The minimum absolute atomic E-state index is 0.0651. The van der Waals surface area contributed by atoms with Crippen LogP contribution >= 0.6 is 0 Å². The van der Waals surface area contributed by atoms with E-state index in [-0.39, 0.29) is 17.0 Å². The number of hydrogen-bond acceptors (Lipinski definition) is 3. The number of nitrogens with zero attached hydrogens (tertiary/aromatic N) is 1. The van der Waals surface area contributed by atoms with Crippen LogP contribution in [0.5, 0.6) is 0 Å².